The van der Waals surface area contributed by atoms with Crippen molar-refractivity contribution in [1.29, 1.82) is 0 Å². The fraction of sp³-hybridized carbons (Fsp3) is 0.0909. The molecule has 5 aromatic heterocycles. The summed E-state index contributed by atoms with van der Waals surface area (Å²) >= 11 is 0. The van der Waals surface area contributed by atoms with Gasteiger partial charge in [0.15, 0.2) is 29.8 Å². The number of carbonyl (C=O) groups excluding carboxylic acids is 5. The summed E-state index contributed by atoms with van der Waals surface area (Å²) in [4.78, 5) is 102. The van der Waals surface area contributed by atoms with Crippen molar-refractivity contribution < 1.29 is 28.9 Å². The number of nitrogens with two attached hydrogens (primary N) is 9. The summed E-state index contributed by atoms with van der Waals surface area (Å²) in [5, 5.41) is 27.0. The molecular weight excluding hydrogens is 1120 g/mol. The zero-order valence-corrected chi connectivity index (χ0v) is 47.3. The van der Waals surface area contributed by atoms with E-state index in [4.69, 9.17) is 51.6 Å². The molecule has 0 unspecified atom stereocenters. The second-order valence-corrected chi connectivity index (χ2v) is 18.0. The van der Waals surface area contributed by atoms with Crippen LogP contribution >= 0.6 is 0 Å². The van der Waals surface area contributed by atoms with Crippen LogP contribution in [0.5, 0.6) is 0 Å². The first-order chi connectivity index (χ1) is 41.4. The van der Waals surface area contributed by atoms with E-state index in [0.29, 0.717) is 56.4 Å². The van der Waals surface area contributed by atoms with Gasteiger partial charge in [0.2, 0.25) is 0 Å². The van der Waals surface area contributed by atoms with Gasteiger partial charge in [-0.3, -0.25) is 85.6 Å². The maximum atomic E-state index is 11.8. The molecule has 450 valence electrons. The molecule has 0 aliphatic rings. The molecule has 87 heavy (non-hydrogen) atoms. The number of nitrogen functional groups attached to an aromatic ring is 4. The number of nitrogens with zero attached hydrogens (tertiary/aromatic N) is 6. The van der Waals surface area contributed by atoms with Crippen LogP contribution in [0.3, 0.4) is 0 Å². The number of rotatable bonds is 6. The molecule has 0 saturated heterocycles. The molecule has 0 fully saturated rings. The van der Waals surface area contributed by atoms with Crippen molar-refractivity contribution in [2.45, 2.75) is 0 Å². The summed E-state index contributed by atoms with van der Waals surface area (Å²) in [6, 6.07) is 34.6. The molecule has 32 nitrogen and oxygen atoms in total. The van der Waals surface area contributed by atoms with Gasteiger partial charge in [0, 0.05) is 102 Å². The average Bonchev–Trinajstić information content (AvgIpc) is 2.06. The third-order valence-electron chi connectivity index (χ3n) is 12.1. The second-order valence-electron chi connectivity index (χ2n) is 18.0. The predicted molar refractivity (Wildman–Crippen MR) is 341 cm³/mol. The number of benzene rings is 5. The molecule has 10 aromatic rings. The lowest BCUT2D eigenvalue weighted by atomic mass is 10.2. The second kappa shape index (κ2) is 28.7. The van der Waals surface area contributed by atoms with Gasteiger partial charge in [-0.1, -0.05) is 36.4 Å². The van der Waals surface area contributed by atoms with Crippen LogP contribution in [0.4, 0.5) is 28.4 Å². The van der Waals surface area contributed by atoms with Crippen molar-refractivity contribution in [2.75, 3.05) is 58.2 Å². The monoisotopic (exact) mass is 1190 g/mol. The van der Waals surface area contributed by atoms with Gasteiger partial charge >= 0.3 is 0 Å². The number of nitro benzene ring substituents is 1. The molecule has 0 aliphatic heterocycles. The number of fused-ring (bicyclic) bond motifs is 5. The molecule has 32 heteroatoms. The lowest BCUT2D eigenvalue weighted by Crippen LogP contribution is -2.36. The number of aromatic amines is 5. The van der Waals surface area contributed by atoms with Crippen molar-refractivity contribution in [2.24, 2.45) is 53.6 Å². The van der Waals surface area contributed by atoms with E-state index < -0.39 is 10.8 Å². The van der Waals surface area contributed by atoms with Gasteiger partial charge in [-0.2, -0.15) is 0 Å². The molecule has 5 amide bonds. The van der Waals surface area contributed by atoms with Crippen LogP contribution in [0.2, 0.25) is 0 Å². The van der Waals surface area contributed by atoms with E-state index in [1.807, 2.05) is 36.4 Å². The highest BCUT2D eigenvalue weighted by molar-refractivity contribution is 6.11. The number of aliphatic imine (C=N–C) groups is 5. The summed E-state index contributed by atoms with van der Waals surface area (Å²) in [6.07, 6.45) is 0. The molecule has 5 aromatic carbocycles. The highest BCUT2D eigenvalue weighted by Gasteiger charge is 2.18. The molecule has 0 atom stereocenters. The quantitative estimate of drug-likeness (QED) is 0.0374. The number of guanidine groups is 5. The minimum Gasteiger partial charge on any atom is -0.399 e. The number of nitrogens with one attached hydrogen (secondary N) is 10. The number of non-ortho nitro benzene ring substituents is 1. The lowest BCUT2D eigenvalue weighted by molar-refractivity contribution is -0.383. The fourth-order valence-electron chi connectivity index (χ4n) is 7.76. The minimum atomic E-state index is -0.512. The van der Waals surface area contributed by atoms with Crippen LogP contribution in [0, 0.1) is 10.1 Å². The summed E-state index contributed by atoms with van der Waals surface area (Å²) < 4.78 is 0. The molecule has 10 rings (SSSR count). The minimum absolute atomic E-state index is 0.0295. The van der Waals surface area contributed by atoms with Crippen LogP contribution in [0.1, 0.15) is 52.4 Å². The van der Waals surface area contributed by atoms with Crippen molar-refractivity contribution in [3.63, 3.8) is 0 Å². The zero-order chi connectivity index (χ0) is 63.6. The SMILES string of the molecule is CN=C(N)NC(=O)c1cc2c(N)cccc2[nH]1.CN=C(N)NC(=O)c1cc2cc(N)ccc2[nH]1.CN=C(N)NC(=O)c1cc2ccc(N)cc2[nH]1.CN=C(N)NC(=O)c1cc2cccc(N)c2[nH]1.CN=C(N)NC(=O)c1cc2cccc([N+](=O)[O-])c2[nH]1. The highest BCUT2D eigenvalue weighted by Crippen LogP contribution is 2.26. The Bertz CT molecular complexity index is 4150. The maximum Gasteiger partial charge on any atom is 0.293 e. The Labute approximate surface area is 492 Å². The number of carbonyl (C=O) groups is 5. The number of amides is 5. The van der Waals surface area contributed by atoms with Crippen molar-refractivity contribution >= 4 is 142 Å². The van der Waals surface area contributed by atoms with E-state index in [9.17, 15) is 34.1 Å². The zero-order valence-electron chi connectivity index (χ0n) is 47.3. The summed E-state index contributed by atoms with van der Waals surface area (Å²) in [5.41, 5.74) is 57.6. The first kappa shape index (κ1) is 63.3. The molecule has 5 heterocycles. The topological polar surface area (TPSA) is 564 Å². The van der Waals surface area contributed by atoms with Gasteiger partial charge < -0.3 is 76.5 Å². The number of H-pyrrole nitrogens is 5. The first-order valence-electron chi connectivity index (χ1n) is 25.4. The van der Waals surface area contributed by atoms with Crippen molar-refractivity contribution in [3.8, 4) is 0 Å². The lowest BCUT2D eigenvalue weighted by Gasteiger charge is -2.00. The molecule has 0 saturated carbocycles. The number of hydrogen-bond acceptors (Lipinski definition) is 16. The Hall–Kier alpha value is -12.9. The van der Waals surface area contributed by atoms with E-state index in [0.717, 1.165) is 43.6 Å². The Balaban J connectivity index is 0.000000174. The highest BCUT2D eigenvalue weighted by atomic mass is 16.6. The van der Waals surface area contributed by atoms with Gasteiger partial charge in [-0.25, -0.2) is 0 Å². The van der Waals surface area contributed by atoms with Gasteiger partial charge in [0.05, 0.1) is 16.1 Å². The van der Waals surface area contributed by atoms with Gasteiger partial charge in [0.1, 0.15) is 34.0 Å². The number of anilines is 4. The van der Waals surface area contributed by atoms with E-state index in [1.165, 1.54) is 47.4 Å². The molecular formula is C55H63N25O7. The van der Waals surface area contributed by atoms with E-state index in [1.54, 1.807) is 72.8 Å². The van der Waals surface area contributed by atoms with E-state index in [2.05, 4.69) is 76.5 Å². The van der Waals surface area contributed by atoms with Crippen LogP contribution in [-0.2, 0) is 0 Å². The Morgan fingerprint density at radius 2 is 0.770 bits per heavy atom. The number of hydrogen-bond donors (Lipinski definition) is 19. The molecule has 0 bridgehead atoms. The smallest absolute Gasteiger partial charge is 0.293 e. The Kier molecular flexibility index (Phi) is 20.9. The van der Waals surface area contributed by atoms with Crippen molar-refractivity contribution in [1.82, 2.24) is 51.5 Å². The molecule has 28 N–H and O–H groups in total. The largest absolute Gasteiger partial charge is 0.399 e. The maximum absolute atomic E-state index is 11.8. The normalized spacial score (nSPS) is 11.7. The molecule has 0 radical (unpaired) electrons. The van der Waals surface area contributed by atoms with Crippen LogP contribution < -0.4 is 78.2 Å². The third kappa shape index (κ3) is 16.6. The molecule has 0 spiro atoms. The predicted octanol–water partition coefficient (Wildman–Crippen LogP) is 2.45. The molecule has 0 aliphatic carbocycles. The first-order valence-corrected chi connectivity index (χ1v) is 25.4. The van der Waals surface area contributed by atoms with Crippen LogP contribution in [-0.4, -0.2) is 124 Å². The number of nitro groups is 1. The number of aromatic nitrogens is 5. The Morgan fingerprint density at radius 1 is 0.391 bits per heavy atom. The van der Waals surface area contributed by atoms with E-state index >= 15 is 0 Å². The van der Waals surface area contributed by atoms with Crippen LogP contribution in [0.15, 0.2) is 146 Å². The summed E-state index contributed by atoms with van der Waals surface area (Å²) in [7, 11) is 7.44. The fourth-order valence-corrected chi connectivity index (χ4v) is 7.76. The Morgan fingerprint density at radius 3 is 1.25 bits per heavy atom. The summed E-state index contributed by atoms with van der Waals surface area (Å²) in [6.45, 7) is 0. The van der Waals surface area contributed by atoms with Gasteiger partial charge in [-0.15, -0.1) is 0 Å². The standard InChI is InChI=1S/C11H11N5O3.4C11H13N5O/c1-13-11(12)15-10(17)7-5-6-3-2-4-8(16(18)19)9(6)14-7;1-14-11(13)16-10(17)9-5-6-4-7(12)2-3-8(6)15-9;1-14-11(13)16-10(17)9-4-6-2-3-7(12)5-8(6)15-9;1-14-11(13)16-10(17)9-5-6-7(12)3-2-4-8(6)15-9;1-14-11(13)16-10(17)8-5-6-3-2-4-7(12)9(6)15-8/h2-5,14H,1H3,(H3,12,13,15,17);4*2-5,15H,12H2,1H3,(H3,13,14,16,17). The number of para-hydroxylation sites is 2. The average molecular weight is 1190 g/mol. The van der Waals surface area contributed by atoms with Crippen LogP contribution in [0.25, 0.3) is 54.5 Å². The van der Waals surface area contributed by atoms with Crippen molar-refractivity contribution in [3.05, 3.63) is 160 Å². The van der Waals surface area contributed by atoms with Gasteiger partial charge in [-0.05, 0) is 78.9 Å². The summed E-state index contributed by atoms with van der Waals surface area (Å²) in [5.74, 6) is -1.59. The third-order valence-corrected chi connectivity index (χ3v) is 12.1. The van der Waals surface area contributed by atoms with E-state index in [-0.39, 0.29) is 64.8 Å². The van der Waals surface area contributed by atoms with Gasteiger partial charge in [0.25, 0.3) is 35.2 Å².